The quantitative estimate of drug-likeness (QED) is 0.859. The maximum atomic E-state index is 11.2. The Hall–Kier alpha value is -2.43. The summed E-state index contributed by atoms with van der Waals surface area (Å²) in [6.45, 7) is 0. The summed E-state index contributed by atoms with van der Waals surface area (Å²) in [6.07, 6.45) is 4.87. The second kappa shape index (κ2) is 4.61. The van der Waals surface area contributed by atoms with E-state index in [2.05, 4.69) is 9.97 Å². The number of primary amides is 1. The summed E-state index contributed by atoms with van der Waals surface area (Å²) >= 11 is 0. The third kappa shape index (κ3) is 2.08. The van der Waals surface area contributed by atoms with Gasteiger partial charge in [-0.3, -0.25) is 9.78 Å². The second-order valence-corrected chi connectivity index (χ2v) is 3.35. The smallest absolute Gasteiger partial charge is 0.271 e. The highest BCUT2D eigenvalue weighted by atomic mass is 16.5. The lowest BCUT2D eigenvalue weighted by Crippen LogP contribution is -2.14. The van der Waals surface area contributed by atoms with Crippen LogP contribution in [0.15, 0.2) is 36.8 Å². The number of nitrogens with zero attached hydrogens (tertiary/aromatic N) is 2. The average Bonchev–Trinajstić information content (AvgIpc) is 2.38. The van der Waals surface area contributed by atoms with Gasteiger partial charge in [0.25, 0.3) is 5.91 Å². The number of amides is 1. The Bertz CT molecular complexity index is 541. The topological polar surface area (TPSA) is 78.1 Å². The molecule has 0 unspecified atom stereocenters. The first-order valence-corrected chi connectivity index (χ1v) is 4.97. The lowest BCUT2D eigenvalue weighted by Gasteiger charge is -2.10. The third-order valence-electron chi connectivity index (χ3n) is 2.31. The Morgan fingerprint density at radius 3 is 2.76 bits per heavy atom. The number of hydrogen-bond acceptors (Lipinski definition) is 4. The summed E-state index contributed by atoms with van der Waals surface area (Å²) < 4.78 is 5.20. The first kappa shape index (κ1) is 11.1. The van der Waals surface area contributed by atoms with E-state index in [4.69, 9.17) is 10.5 Å². The van der Waals surface area contributed by atoms with Crippen molar-refractivity contribution in [2.75, 3.05) is 7.11 Å². The normalized spacial score (nSPS) is 9.94. The molecule has 2 aromatic rings. The molecule has 2 N–H and O–H groups in total. The van der Waals surface area contributed by atoms with Gasteiger partial charge in [0.1, 0.15) is 0 Å². The Labute approximate surface area is 98.3 Å². The van der Waals surface area contributed by atoms with Crippen molar-refractivity contribution in [2.45, 2.75) is 0 Å². The molecule has 0 aliphatic rings. The molecule has 1 amide bonds. The van der Waals surface area contributed by atoms with Gasteiger partial charge in [-0.25, -0.2) is 4.98 Å². The molecule has 2 heterocycles. The number of pyridine rings is 2. The molecular weight excluding hydrogens is 218 g/mol. The van der Waals surface area contributed by atoms with Crippen molar-refractivity contribution < 1.29 is 9.53 Å². The zero-order valence-corrected chi connectivity index (χ0v) is 9.25. The van der Waals surface area contributed by atoms with E-state index in [9.17, 15) is 4.79 Å². The van der Waals surface area contributed by atoms with Crippen molar-refractivity contribution in [3.63, 3.8) is 0 Å². The zero-order chi connectivity index (χ0) is 12.3. The minimum Gasteiger partial charge on any atom is -0.494 e. The predicted molar refractivity (Wildman–Crippen MR) is 62.5 cm³/mol. The Morgan fingerprint density at radius 2 is 2.18 bits per heavy atom. The molecule has 5 heteroatoms. The van der Waals surface area contributed by atoms with Crippen molar-refractivity contribution in [3.05, 3.63) is 42.5 Å². The average molecular weight is 229 g/mol. The first-order chi connectivity index (χ1) is 8.24. The van der Waals surface area contributed by atoms with Gasteiger partial charge in [-0.2, -0.15) is 0 Å². The van der Waals surface area contributed by atoms with Crippen LogP contribution in [0.5, 0.6) is 5.75 Å². The molecule has 0 saturated carbocycles. The number of hydrogen-bond donors (Lipinski definition) is 1. The zero-order valence-electron chi connectivity index (χ0n) is 9.25. The standard InChI is InChI=1S/C12H11N3O2/c1-17-11-9(8-3-2-5-14-7-8)4-6-15-10(11)12(13)16/h2-7H,1H3,(H2,13,16). The molecule has 0 aliphatic heterocycles. The van der Waals surface area contributed by atoms with Crippen LogP contribution >= 0.6 is 0 Å². The predicted octanol–water partition coefficient (Wildman–Crippen LogP) is 1.25. The molecule has 0 aliphatic carbocycles. The van der Waals surface area contributed by atoms with Crippen LogP contribution in [-0.4, -0.2) is 23.0 Å². The van der Waals surface area contributed by atoms with Crippen LogP contribution < -0.4 is 10.5 Å². The Kier molecular flexibility index (Phi) is 3.00. The Morgan fingerprint density at radius 1 is 1.35 bits per heavy atom. The molecule has 0 radical (unpaired) electrons. The highest BCUT2D eigenvalue weighted by Crippen LogP contribution is 2.30. The number of carbonyl (C=O) groups is 1. The number of nitrogens with two attached hydrogens (primary N) is 1. The lowest BCUT2D eigenvalue weighted by atomic mass is 10.1. The van der Waals surface area contributed by atoms with Crippen molar-refractivity contribution in [3.8, 4) is 16.9 Å². The molecule has 0 aromatic carbocycles. The molecule has 5 nitrogen and oxygen atoms in total. The van der Waals surface area contributed by atoms with Crippen LogP contribution in [0, 0.1) is 0 Å². The molecule has 0 atom stereocenters. The van der Waals surface area contributed by atoms with E-state index in [0.29, 0.717) is 5.75 Å². The largest absolute Gasteiger partial charge is 0.494 e. The molecule has 2 rings (SSSR count). The van der Waals surface area contributed by atoms with E-state index in [1.165, 1.54) is 13.3 Å². The summed E-state index contributed by atoms with van der Waals surface area (Å²) in [4.78, 5) is 19.2. The van der Waals surface area contributed by atoms with Gasteiger partial charge in [-0.1, -0.05) is 6.07 Å². The van der Waals surface area contributed by atoms with Crippen LogP contribution in [-0.2, 0) is 0 Å². The van der Waals surface area contributed by atoms with Crippen molar-refractivity contribution in [1.29, 1.82) is 0 Å². The lowest BCUT2D eigenvalue weighted by molar-refractivity contribution is 0.0992. The maximum Gasteiger partial charge on any atom is 0.271 e. The SMILES string of the molecule is COc1c(-c2cccnc2)ccnc1C(N)=O. The Balaban J connectivity index is 2.63. The molecule has 0 spiro atoms. The van der Waals surface area contributed by atoms with E-state index >= 15 is 0 Å². The van der Waals surface area contributed by atoms with Gasteiger partial charge in [-0.05, 0) is 12.1 Å². The van der Waals surface area contributed by atoms with Crippen LogP contribution in [0.1, 0.15) is 10.5 Å². The first-order valence-electron chi connectivity index (χ1n) is 4.97. The summed E-state index contributed by atoms with van der Waals surface area (Å²) in [5, 5.41) is 0. The van der Waals surface area contributed by atoms with E-state index in [1.807, 2.05) is 6.07 Å². The summed E-state index contributed by atoms with van der Waals surface area (Å²) in [7, 11) is 1.48. The van der Waals surface area contributed by atoms with Crippen molar-refractivity contribution in [2.24, 2.45) is 5.73 Å². The molecular formula is C12H11N3O2. The van der Waals surface area contributed by atoms with Crippen LogP contribution in [0.4, 0.5) is 0 Å². The van der Waals surface area contributed by atoms with Crippen LogP contribution in [0.2, 0.25) is 0 Å². The molecule has 86 valence electrons. The number of rotatable bonds is 3. The summed E-state index contributed by atoms with van der Waals surface area (Å²) in [5.74, 6) is -0.249. The minimum atomic E-state index is -0.618. The molecule has 2 aromatic heterocycles. The third-order valence-corrected chi connectivity index (χ3v) is 2.31. The second-order valence-electron chi connectivity index (χ2n) is 3.35. The number of ether oxygens (including phenoxy) is 1. The number of aromatic nitrogens is 2. The van der Waals surface area contributed by atoms with Crippen molar-refractivity contribution >= 4 is 5.91 Å². The minimum absolute atomic E-state index is 0.119. The highest BCUT2D eigenvalue weighted by molar-refractivity contribution is 5.96. The van der Waals surface area contributed by atoms with E-state index in [-0.39, 0.29) is 5.69 Å². The summed E-state index contributed by atoms with van der Waals surface area (Å²) in [6, 6.07) is 5.43. The van der Waals surface area contributed by atoms with Gasteiger partial charge in [0.15, 0.2) is 11.4 Å². The summed E-state index contributed by atoms with van der Waals surface area (Å²) in [5.41, 5.74) is 6.94. The van der Waals surface area contributed by atoms with E-state index in [1.54, 1.807) is 24.5 Å². The van der Waals surface area contributed by atoms with Gasteiger partial charge in [0.2, 0.25) is 0 Å². The number of carbonyl (C=O) groups excluding carboxylic acids is 1. The van der Waals surface area contributed by atoms with Crippen molar-refractivity contribution in [1.82, 2.24) is 9.97 Å². The molecule has 0 bridgehead atoms. The van der Waals surface area contributed by atoms with Crippen LogP contribution in [0.3, 0.4) is 0 Å². The highest BCUT2D eigenvalue weighted by Gasteiger charge is 2.15. The molecule has 0 saturated heterocycles. The maximum absolute atomic E-state index is 11.2. The fourth-order valence-corrected chi connectivity index (χ4v) is 1.58. The number of methoxy groups -OCH3 is 1. The van der Waals surface area contributed by atoms with Gasteiger partial charge in [-0.15, -0.1) is 0 Å². The van der Waals surface area contributed by atoms with Gasteiger partial charge in [0, 0.05) is 29.7 Å². The van der Waals surface area contributed by atoms with Gasteiger partial charge >= 0.3 is 0 Å². The van der Waals surface area contributed by atoms with Crippen LogP contribution in [0.25, 0.3) is 11.1 Å². The van der Waals surface area contributed by atoms with Gasteiger partial charge < -0.3 is 10.5 Å². The fourth-order valence-electron chi connectivity index (χ4n) is 1.58. The monoisotopic (exact) mass is 229 g/mol. The van der Waals surface area contributed by atoms with E-state index in [0.717, 1.165) is 11.1 Å². The molecule has 0 fully saturated rings. The van der Waals surface area contributed by atoms with E-state index < -0.39 is 5.91 Å². The molecule has 17 heavy (non-hydrogen) atoms. The fraction of sp³-hybridized carbons (Fsp3) is 0.0833. The van der Waals surface area contributed by atoms with Gasteiger partial charge in [0.05, 0.1) is 7.11 Å².